The minimum atomic E-state index is 1.05. The zero-order chi connectivity index (χ0) is 18.8. The molecule has 0 bridgehead atoms. The molecule has 132 valence electrons. The van der Waals surface area contributed by atoms with Crippen LogP contribution in [0.15, 0.2) is 97.7 Å². The number of aromatic nitrogens is 1. The second-order valence-electron chi connectivity index (χ2n) is 6.95. The maximum atomic E-state index is 4.45. The van der Waals surface area contributed by atoms with Gasteiger partial charge in [0.25, 0.3) is 0 Å². The lowest BCUT2D eigenvalue weighted by atomic mass is 9.94. The smallest absolute Gasteiger partial charge is 0.0609 e. The monoisotopic (exact) mass is 349 g/mol. The molecule has 0 aliphatic heterocycles. The van der Waals surface area contributed by atoms with Gasteiger partial charge in [0.15, 0.2) is 0 Å². The zero-order valence-corrected chi connectivity index (χ0v) is 15.8. The van der Waals surface area contributed by atoms with Crippen LogP contribution in [0.2, 0.25) is 0 Å². The highest BCUT2D eigenvalue weighted by Gasteiger charge is 2.19. The maximum absolute atomic E-state index is 4.45. The molecular weight excluding hydrogens is 326 g/mol. The van der Waals surface area contributed by atoms with E-state index in [0.29, 0.717) is 0 Å². The normalized spacial score (nSPS) is 10.7. The van der Waals surface area contributed by atoms with Gasteiger partial charge in [-0.05, 0) is 48.2 Å². The van der Waals surface area contributed by atoms with Gasteiger partial charge in [0.1, 0.15) is 0 Å². The first-order valence-corrected chi connectivity index (χ1v) is 9.24. The van der Waals surface area contributed by atoms with Gasteiger partial charge in [-0.2, -0.15) is 0 Å². The third-order valence-corrected chi connectivity index (χ3v) is 4.98. The summed E-state index contributed by atoms with van der Waals surface area (Å²) < 4.78 is 2.29. The van der Waals surface area contributed by atoms with Crippen LogP contribution >= 0.6 is 0 Å². The molecule has 0 saturated heterocycles. The van der Waals surface area contributed by atoms with Crippen LogP contribution in [-0.4, -0.2) is 4.57 Å². The Morgan fingerprint density at radius 1 is 0.741 bits per heavy atom. The first-order chi connectivity index (χ1) is 13.1. The average molecular weight is 349 g/mol. The van der Waals surface area contributed by atoms with Crippen molar-refractivity contribution in [2.75, 3.05) is 0 Å². The second-order valence-corrected chi connectivity index (χ2v) is 6.95. The molecule has 0 atom stereocenters. The number of aryl methyl sites for hydroxylation is 2. The van der Waals surface area contributed by atoms with Crippen molar-refractivity contribution in [2.45, 2.75) is 13.8 Å². The molecule has 1 heterocycles. The fourth-order valence-corrected chi connectivity index (χ4v) is 3.58. The van der Waals surface area contributed by atoms with E-state index in [9.17, 15) is 0 Å². The van der Waals surface area contributed by atoms with Crippen molar-refractivity contribution >= 4 is 5.57 Å². The van der Waals surface area contributed by atoms with Crippen molar-refractivity contribution in [3.63, 3.8) is 0 Å². The molecule has 27 heavy (non-hydrogen) atoms. The van der Waals surface area contributed by atoms with Gasteiger partial charge in [-0.25, -0.2) is 0 Å². The highest BCUT2D eigenvalue weighted by atomic mass is 15.0. The first-order valence-electron chi connectivity index (χ1n) is 9.24. The summed E-state index contributed by atoms with van der Waals surface area (Å²) in [6, 6.07) is 29.7. The van der Waals surface area contributed by atoms with E-state index in [1.807, 2.05) is 6.07 Å². The van der Waals surface area contributed by atoms with Gasteiger partial charge in [0.05, 0.1) is 5.69 Å². The lowest BCUT2D eigenvalue weighted by Gasteiger charge is -2.14. The highest BCUT2D eigenvalue weighted by molar-refractivity contribution is 5.89. The van der Waals surface area contributed by atoms with Crippen molar-refractivity contribution < 1.29 is 0 Å². The summed E-state index contributed by atoms with van der Waals surface area (Å²) in [4.78, 5) is 0. The summed E-state index contributed by atoms with van der Waals surface area (Å²) in [6.45, 7) is 8.73. The van der Waals surface area contributed by atoms with Crippen LogP contribution < -0.4 is 0 Å². The van der Waals surface area contributed by atoms with Crippen LogP contribution in [0.5, 0.6) is 0 Å². The number of hydrogen-bond acceptors (Lipinski definition) is 0. The van der Waals surface area contributed by atoms with Crippen molar-refractivity contribution in [3.05, 3.63) is 120 Å². The minimum Gasteiger partial charge on any atom is -0.316 e. The number of rotatable bonds is 4. The van der Waals surface area contributed by atoms with Gasteiger partial charge in [-0.15, -0.1) is 0 Å². The third kappa shape index (κ3) is 3.24. The Labute approximate surface area is 161 Å². The largest absolute Gasteiger partial charge is 0.316 e. The van der Waals surface area contributed by atoms with E-state index in [0.717, 1.165) is 16.8 Å². The molecule has 0 radical (unpaired) electrons. The predicted octanol–water partition coefficient (Wildman–Crippen LogP) is 6.82. The quantitative estimate of drug-likeness (QED) is 0.381. The molecule has 0 aliphatic rings. The van der Waals surface area contributed by atoms with E-state index in [1.54, 1.807) is 0 Å². The molecule has 0 N–H and O–H groups in total. The van der Waals surface area contributed by atoms with Gasteiger partial charge in [-0.3, -0.25) is 0 Å². The van der Waals surface area contributed by atoms with Gasteiger partial charge < -0.3 is 4.57 Å². The van der Waals surface area contributed by atoms with Crippen molar-refractivity contribution in [2.24, 2.45) is 0 Å². The predicted molar refractivity (Wildman–Crippen MR) is 115 cm³/mol. The van der Waals surface area contributed by atoms with E-state index < -0.39 is 0 Å². The number of hydrogen-bond donors (Lipinski definition) is 0. The Morgan fingerprint density at radius 2 is 1.33 bits per heavy atom. The zero-order valence-electron chi connectivity index (χ0n) is 15.8. The molecule has 0 saturated carbocycles. The fourth-order valence-electron chi connectivity index (χ4n) is 3.58. The van der Waals surface area contributed by atoms with Crippen LogP contribution in [0.4, 0.5) is 0 Å². The molecule has 0 spiro atoms. The summed E-state index contributed by atoms with van der Waals surface area (Å²) in [5.74, 6) is 0. The van der Waals surface area contributed by atoms with Crippen LogP contribution in [0, 0.1) is 13.8 Å². The molecule has 1 heteroatoms. The lowest BCUT2D eigenvalue weighted by Crippen LogP contribution is -1.98. The molecule has 0 amide bonds. The Bertz CT molecular complexity index is 1070. The van der Waals surface area contributed by atoms with Crippen LogP contribution in [0.3, 0.4) is 0 Å². The number of benzene rings is 3. The SMILES string of the molecule is C=C(c1ccccc1)c1c(C)cn(-c2ccc(C)cc2)c1-c1ccccc1. The molecular formula is C26H23N. The van der Waals surface area contributed by atoms with Crippen LogP contribution in [0.25, 0.3) is 22.5 Å². The first kappa shape index (κ1) is 17.1. The average Bonchev–Trinajstić information content (AvgIpc) is 3.06. The Morgan fingerprint density at radius 3 is 1.96 bits per heavy atom. The molecule has 4 rings (SSSR count). The van der Waals surface area contributed by atoms with Gasteiger partial charge in [0.2, 0.25) is 0 Å². The van der Waals surface area contributed by atoms with Gasteiger partial charge >= 0.3 is 0 Å². The fraction of sp³-hybridized carbons (Fsp3) is 0.0769. The Balaban J connectivity index is 1.96. The Hall–Kier alpha value is -3.32. The van der Waals surface area contributed by atoms with Crippen LogP contribution in [0.1, 0.15) is 22.3 Å². The maximum Gasteiger partial charge on any atom is 0.0609 e. The summed E-state index contributed by atoms with van der Waals surface area (Å²) >= 11 is 0. The van der Waals surface area contributed by atoms with Crippen molar-refractivity contribution in [1.82, 2.24) is 4.57 Å². The van der Waals surface area contributed by atoms with E-state index in [4.69, 9.17) is 0 Å². The minimum absolute atomic E-state index is 1.05. The molecule has 4 aromatic rings. The lowest BCUT2D eigenvalue weighted by molar-refractivity contribution is 1.08. The standard InChI is InChI=1S/C26H23N/c1-19-14-16-24(17-15-19)27-18-20(2)25(21(3)22-10-6-4-7-11-22)26(27)23-12-8-5-9-13-23/h4-18H,3H2,1-2H3. The molecule has 1 nitrogen and oxygen atoms in total. The summed E-state index contributed by atoms with van der Waals surface area (Å²) in [5.41, 5.74) is 9.44. The topological polar surface area (TPSA) is 4.93 Å². The van der Waals surface area contributed by atoms with E-state index >= 15 is 0 Å². The van der Waals surface area contributed by atoms with E-state index in [1.165, 1.54) is 27.9 Å². The van der Waals surface area contributed by atoms with Gasteiger partial charge in [0, 0.05) is 17.4 Å². The van der Waals surface area contributed by atoms with E-state index in [2.05, 4.69) is 110 Å². The summed E-state index contributed by atoms with van der Waals surface area (Å²) in [7, 11) is 0. The molecule has 3 aromatic carbocycles. The molecule has 0 unspecified atom stereocenters. The van der Waals surface area contributed by atoms with Crippen LogP contribution in [-0.2, 0) is 0 Å². The Kier molecular flexibility index (Phi) is 4.52. The summed E-state index contributed by atoms with van der Waals surface area (Å²) in [5, 5.41) is 0. The second kappa shape index (κ2) is 7.13. The van der Waals surface area contributed by atoms with E-state index in [-0.39, 0.29) is 0 Å². The van der Waals surface area contributed by atoms with Crippen molar-refractivity contribution in [1.29, 1.82) is 0 Å². The summed E-state index contributed by atoms with van der Waals surface area (Å²) in [6.07, 6.45) is 2.22. The number of nitrogens with zero attached hydrogens (tertiary/aromatic N) is 1. The third-order valence-electron chi connectivity index (χ3n) is 4.98. The molecule has 0 aliphatic carbocycles. The molecule has 0 fully saturated rings. The van der Waals surface area contributed by atoms with Crippen molar-refractivity contribution in [3.8, 4) is 16.9 Å². The molecule has 1 aromatic heterocycles. The van der Waals surface area contributed by atoms with Gasteiger partial charge in [-0.1, -0.05) is 84.9 Å². The highest BCUT2D eigenvalue weighted by Crippen LogP contribution is 2.37.